The predicted molar refractivity (Wildman–Crippen MR) is 72.5 cm³/mol. The van der Waals surface area contributed by atoms with E-state index in [2.05, 4.69) is 4.98 Å². The van der Waals surface area contributed by atoms with E-state index in [9.17, 15) is 0 Å². The first-order valence-corrected chi connectivity index (χ1v) is 6.09. The van der Waals surface area contributed by atoms with E-state index in [4.69, 9.17) is 27.4 Å². The minimum Gasteiger partial charge on any atom is -0.497 e. The smallest absolute Gasteiger partial charge is 0.160 e. The Morgan fingerprint density at radius 2 is 2.06 bits per heavy atom. The zero-order valence-electron chi connectivity index (χ0n) is 9.44. The first-order chi connectivity index (χ1) is 8.15. The molecule has 1 aromatic carbocycles. The van der Waals surface area contributed by atoms with Crippen molar-refractivity contribution in [1.82, 2.24) is 4.98 Å². The average Bonchev–Trinajstić information content (AvgIpc) is 2.67. The van der Waals surface area contributed by atoms with Crippen molar-refractivity contribution < 1.29 is 9.47 Å². The van der Waals surface area contributed by atoms with E-state index in [-0.39, 0.29) is 0 Å². The minimum atomic E-state index is 0.648. The van der Waals surface area contributed by atoms with Crippen LogP contribution in [0.15, 0.2) is 18.2 Å². The number of hydrogen-bond acceptors (Lipinski definition) is 5. The zero-order valence-corrected chi connectivity index (χ0v) is 11.1. The number of nitrogens with one attached hydrogen (secondary N) is 1. The Balaban J connectivity index is 2.59. The van der Waals surface area contributed by atoms with Crippen molar-refractivity contribution in [3.8, 4) is 22.8 Å². The molecular weight excluding hydrogens is 256 g/mol. The SMILES string of the molecule is COc1ccc(-c2[nH]c(=S)sc2N)c(OC)c1. The van der Waals surface area contributed by atoms with E-state index in [1.165, 1.54) is 11.3 Å². The number of benzene rings is 1. The molecule has 0 spiro atoms. The van der Waals surface area contributed by atoms with Gasteiger partial charge in [0.05, 0.1) is 19.9 Å². The molecule has 4 nitrogen and oxygen atoms in total. The number of aromatic amines is 1. The second kappa shape index (κ2) is 4.77. The summed E-state index contributed by atoms with van der Waals surface area (Å²) >= 11 is 6.41. The van der Waals surface area contributed by atoms with Gasteiger partial charge in [0.1, 0.15) is 16.5 Å². The van der Waals surface area contributed by atoms with Crippen LogP contribution >= 0.6 is 23.6 Å². The quantitative estimate of drug-likeness (QED) is 0.840. The van der Waals surface area contributed by atoms with Crippen LogP contribution in [0.25, 0.3) is 11.3 Å². The molecule has 90 valence electrons. The molecule has 0 fully saturated rings. The summed E-state index contributed by atoms with van der Waals surface area (Å²) in [6, 6.07) is 5.55. The van der Waals surface area contributed by atoms with Crippen LogP contribution in [0, 0.1) is 3.95 Å². The van der Waals surface area contributed by atoms with Crippen LogP contribution < -0.4 is 15.2 Å². The van der Waals surface area contributed by atoms with Gasteiger partial charge < -0.3 is 20.2 Å². The third-order valence-corrected chi connectivity index (χ3v) is 3.42. The standard InChI is InChI=1S/C11H12N2O2S2/c1-14-6-3-4-7(8(5-6)15-2)9-10(12)17-11(16)13-9/h3-5H,12H2,1-2H3,(H,13,16). The third kappa shape index (κ3) is 2.27. The van der Waals surface area contributed by atoms with Gasteiger partial charge in [-0.25, -0.2) is 0 Å². The molecule has 6 heteroatoms. The van der Waals surface area contributed by atoms with Crippen molar-refractivity contribution >= 4 is 28.6 Å². The van der Waals surface area contributed by atoms with Crippen LogP contribution in [0.4, 0.5) is 5.00 Å². The molecule has 0 aliphatic rings. The van der Waals surface area contributed by atoms with Crippen LogP contribution in [-0.2, 0) is 0 Å². The number of nitrogens with two attached hydrogens (primary N) is 1. The van der Waals surface area contributed by atoms with Crippen molar-refractivity contribution in [2.75, 3.05) is 20.0 Å². The minimum absolute atomic E-state index is 0.648. The van der Waals surface area contributed by atoms with E-state index in [0.29, 0.717) is 14.7 Å². The fraction of sp³-hybridized carbons (Fsp3) is 0.182. The van der Waals surface area contributed by atoms with Gasteiger partial charge in [-0.2, -0.15) is 0 Å². The van der Waals surface area contributed by atoms with Gasteiger partial charge in [0.25, 0.3) is 0 Å². The molecule has 0 atom stereocenters. The van der Waals surface area contributed by atoms with Crippen molar-refractivity contribution in [3.05, 3.63) is 22.2 Å². The topological polar surface area (TPSA) is 60.3 Å². The van der Waals surface area contributed by atoms with Crippen molar-refractivity contribution in [3.63, 3.8) is 0 Å². The maximum absolute atomic E-state index is 5.90. The van der Waals surface area contributed by atoms with E-state index < -0.39 is 0 Å². The molecule has 0 radical (unpaired) electrons. The largest absolute Gasteiger partial charge is 0.497 e. The molecule has 2 aromatic rings. The summed E-state index contributed by atoms with van der Waals surface area (Å²) in [6.07, 6.45) is 0. The normalized spacial score (nSPS) is 10.2. The second-order valence-electron chi connectivity index (χ2n) is 3.32. The molecule has 2 rings (SSSR count). The van der Waals surface area contributed by atoms with Gasteiger partial charge in [0, 0.05) is 11.6 Å². The number of anilines is 1. The van der Waals surface area contributed by atoms with Gasteiger partial charge in [0.15, 0.2) is 3.95 Å². The van der Waals surface area contributed by atoms with Gasteiger partial charge in [0.2, 0.25) is 0 Å². The number of aromatic nitrogens is 1. The Morgan fingerprint density at radius 3 is 2.59 bits per heavy atom. The lowest BCUT2D eigenvalue weighted by atomic mass is 10.1. The number of thiazole rings is 1. The molecular formula is C11H12N2O2S2. The molecule has 1 aromatic heterocycles. The maximum atomic E-state index is 5.90. The van der Waals surface area contributed by atoms with Crippen molar-refractivity contribution in [2.45, 2.75) is 0 Å². The first kappa shape index (κ1) is 11.9. The van der Waals surface area contributed by atoms with Crippen LogP contribution in [0.5, 0.6) is 11.5 Å². The Bertz CT molecular complexity index is 589. The molecule has 0 saturated carbocycles. The number of methoxy groups -OCH3 is 2. The highest BCUT2D eigenvalue weighted by molar-refractivity contribution is 7.73. The number of nitrogen functional groups attached to an aromatic ring is 1. The molecule has 0 amide bonds. The Kier molecular flexibility index (Phi) is 3.35. The summed E-state index contributed by atoms with van der Waals surface area (Å²) in [7, 11) is 3.22. The fourth-order valence-electron chi connectivity index (χ4n) is 1.55. The van der Waals surface area contributed by atoms with E-state index in [1.54, 1.807) is 14.2 Å². The molecule has 0 aliphatic heterocycles. The van der Waals surface area contributed by atoms with Crippen molar-refractivity contribution in [2.24, 2.45) is 0 Å². The third-order valence-electron chi connectivity index (χ3n) is 2.35. The van der Waals surface area contributed by atoms with Gasteiger partial charge in [-0.05, 0) is 24.4 Å². The summed E-state index contributed by atoms with van der Waals surface area (Å²) < 4.78 is 11.1. The molecule has 0 aliphatic carbocycles. The van der Waals surface area contributed by atoms with E-state index >= 15 is 0 Å². The van der Waals surface area contributed by atoms with Crippen LogP contribution in [0.3, 0.4) is 0 Å². The van der Waals surface area contributed by atoms with Gasteiger partial charge in [-0.1, -0.05) is 11.3 Å². The average molecular weight is 268 g/mol. The summed E-state index contributed by atoms with van der Waals surface area (Å²) in [5.41, 5.74) is 7.57. The van der Waals surface area contributed by atoms with E-state index in [1.807, 2.05) is 18.2 Å². The summed E-state index contributed by atoms with van der Waals surface area (Å²) in [5.74, 6) is 1.43. The highest BCUT2D eigenvalue weighted by Crippen LogP contribution is 2.37. The zero-order chi connectivity index (χ0) is 12.4. The number of ether oxygens (including phenoxy) is 2. The second-order valence-corrected chi connectivity index (χ2v) is 5.04. The highest BCUT2D eigenvalue weighted by Gasteiger charge is 2.12. The van der Waals surface area contributed by atoms with Crippen LogP contribution in [0.2, 0.25) is 0 Å². The first-order valence-electron chi connectivity index (χ1n) is 4.86. The number of rotatable bonds is 3. The highest BCUT2D eigenvalue weighted by atomic mass is 32.1. The predicted octanol–water partition coefficient (Wildman–Crippen LogP) is 3.07. The molecule has 1 heterocycles. The Hall–Kier alpha value is -1.53. The lowest BCUT2D eigenvalue weighted by Crippen LogP contribution is -1.92. The fourth-order valence-corrected chi connectivity index (χ4v) is 2.53. The number of H-pyrrole nitrogens is 1. The van der Waals surface area contributed by atoms with Crippen molar-refractivity contribution in [1.29, 1.82) is 0 Å². The Morgan fingerprint density at radius 1 is 1.29 bits per heavy atom. The van der Waals surface area contributed by atoms with Crippen LogP contribution in [0.1, 0.15) is 0 Å². The lowest BCUT2D eigenvalue weighted by Gasteiger charge is -2.09. The van der Waals surface area contributed by atoms with Gasteiger partial charge in [-0.15, -0.1) is 0 Å². The van der Waals surface area contributed by atoms with Gasteiger partial charge >= 0.3 is 0 Å². The Labute approximate surface area is 108 Å². The monoisotopic (exact) mass is 268 g/mol. The van der Waals surface area contributed by atoms with Gasteiger partial charge in [-0.3, -0.25) is 0 Å². The molecule has 0 unspecified atom stereocenters. The van der Waals surface area contributed by atoms with E-state index in [0.717, 1.165) is 17.0 Å². The molecule has 3 N–H and O–H groups in total. The maximum Gasteiger partial charge on any atom is 0.160 e. The number of hydrogen-bond donors (Lipinski definition) is 2. The summed E-state index contributed by atoms with van der Waals surface area (Å²) in [4.78, 5) is 3.06. The summed E-state index contributed by atoms with van der Waals surface area (Å²) in [5, 5.41) is 0.651. The molecule has 17 heavy (non-hydrogen) atoms. The lowest BCUT2D eigenvalue weighted by molar-refractivity contribution is 0.395. The summed E-state index contributed by atoms with van der Waals surface area (Å²) in [6.45, 7) is 0. The molecule has 0 bridgehead atoms. The molecule has 0 saturated heterocycles. The van der Waals surface area contributed by atoms with Crippen LogP contribution in [-0.4, -0.2) is 19.2 Å².